The van der Waals surface area contributed by atoms with Crippen molar-refractivity contribution in [3.63, 3.8) is 0 Å². The molecular weight excluding hydrogens is 372 g/mol. The van der Waals surface area contributed by atoms with E-state index in [1.165, 1.54) is 0 Å². The van der Waals surface area contributed by atoms with Crippen LogP contribution in [-0.2, 0) is 22.6 Å². The molecule has 0 aliphatic heterocycles. The maximum atomic E-state index is 13.0. The Morgan fingerprint density at radius 2 is 1.68 bits per heavy atom. The summed E-state index contributed by atoms with van der Waals surface area (Å²) in [6, 6.07) is 16.6. The zero-order valence-corrected chi connectivity index (χ0v) is 17.6. The third kappa shape index (κ3) is 6.38. The maximum absolute atomic E-state index is 13.0. The lowest BCUT2D eigenvalue weighted by Crippen LogP contribution is -2.51. The minimum Gasteiger partial charge on any atom is -0.352 e. The molecule has 2 aromatic rings. The Kier molecular flexibility index (Phi) is 8.52. The van der Waals surface area contributed by atoms with Gasteiger partial charge in [0.25, 0.3) is 0 Å². The molecule has 2 amide bonds. The van der Waals surface area contributed by atoms with Gasteiger partial charge in [0, 0.05) is 30.5 Å². The molecule has 1 unspecified atom stereocenters. The van der Waals surface area contributed by atoms with Gasteiger partial charge in [0.1, 0.15) is 6.04 Å². The number of carbonyl (C=O) groups is 2. The topological polar surface area (TPSA) is 49.4 Å². The van der Waals surface area contributed by atoms with Crippen molar-refractivity contribution >= 4 is 23.4 Å². The van der Waals surface area contributed by atoms with Gasteiger partial charge in [-0.2, -0.15) is 0 Å². The van der Waals surface area contributed by atoms with Gasteiger partial charge in [0.15, 0.2) is 0 Å². The molecule has 0 spiro atoms. The van der Waals surface area contributed by atoms with E-state index in [9.17, 15) is 9.59 Å². The Bertz CT molecular complexity index is 777. The second-order valence-corrected chi connectivity index (χ2v) is 7.64. The van der Waals surface area contributed by atoms with E-state index in [4.69, 9.17) is 11.6 Å². The Labute approximate surface area is 172 Å². The molecule has 4 nitrogen and oxygen atoms in total. The molecule has 0 aromatic heterocycles. The van der Waals surface area contributed by atoms with Crippen LogP contribution in [0.3, 0.4) is 0 Å². The predicted octanol–water partition coefficient (Wildman–Crippen LogP) is 4.60. The summed E-state index contributed by atoms with van der Waals surface area (Å²) in [5.41, 5.74) is 1.85. The summed E-state index contributed by atoms with van der Waals surface area (Å²) in [4.78, 5) is 27.7. The van der Waals surface area contributed by atoms with Crippen LogP contribution in [0.15, 0.2) is 54.6 Å². The van der Waals surface area contributed by atoms with Gasteiger partial charge >= 0.3 is 0 Å². The Hall–Kier alpha value is -2.33. The smallest absolute Gasteiger partial charge is 0.243 e. The summed E-state index contributed by atoms with van der Waals surface area (Å²) in [7, 11) is 0. The second-order valence-electron chi connectivity index (χ2n) is 7.23. The fourth-order valence-electron chi connectivity index (χ4n) is 3.10. The lowest BCUT2D eigenvalue weighted by atomic mass is 10.0. The van der Waals surface area contributed by atoms with Crippen molar-refractivity contribution in [3.05, 3.63) is 70.7 Å². The molecule has 0 aliphatic carbocycles. The maximum Gasteiger partial charge on any atom is 0.243 e. The average Bonchev–Trinajstić information content (AvgIpc) is 2.66. The van der Waals surface area contributed by atoms with Gasteiger partial charge < -0.3 is 10.2 Å². The fourth-order valence-corrected chi connectivity index (χ4v) is 3.30. The number of nitrogens with one attached hydrogen (secondary N) is 1. The Balaban J connectivity index is 2.39. The molecular formula is C23H29ClN2O2. The molecule has 28 heavy (non-hydrogen) atoms. The first-order valence-electron chi connectivity index (χ1n) is 9.79. The summed E-state index contributed by atoms with van der Waals surface area (Å²) in [6.45, 7) is 6.11. The number of halogens is 1. The third-order valence-electron chi connectivity index (χ3n) is 4.46. The van der Waals surface area contributed by atoms with Crippen molar-refractivity contribution < 1.29 is 9.59 Å². The van der Waals surface area contributed by atoms with E-state index < -0.39 is 6.04 Å². The first-order valence-corrected chi connectivity index (χ1v) is 10.2. The van der Waals surface area contributed by atoms with Crippen LogP contribution in [0.5, 0.6) is 0 Å². The van der Waals surface area contributed by atoms with Gasteiger partial charge in [-0.05, 0) is 37.5 Å². The Morgan fingerprint density at radius 3 is 2.29 bits per heavy atom. The highest BCUT2D eigenvalue weighted by atomic mass is 35.5. The first-order chi connectivity index (χ1) is 13.4. The van der Waals surface area contributed by atoms with Crippen molar-refractivity contribution in [1.82, 2.24) is 10.2 Å². The molecule has 5 heteroatoms. The molecule has 0 bridgehead atoms. The quantitative estimate of drug-likeness (QED) is 0.668. The van der Waals surface area contributed by atoms with E-state index in [0.717, 1.165) is 17.5 Å². The highest BCUT2D eigenvalue weighted by molar-refractivity contribution is 6.31. The number of carbonyl (C=O) groups excluding carboxylic acids is 2. The molecule has 1 atom stereocenters. The van der Waals surface area contributed by atoms with E-state index in [0.29, 0.717) is 24.4 Å². The van der Waals surface area contributed by atoms with Crippen LogP contribution in [-0.4, -0.2) is 28.8 Å². The summed E-state index contributed by atoms with van der Waals surface area (Å²) in [5.74, 6) is -0.183. The number of hydrogen-bond donors (Lipinski definition) is 1. The molecule has 0 heterocycles. The van der Waals surface area contributed by atoms with Crippen LogP contribution < -0.4 is 5.32 Å². The SMILES string of the molecule is CCCC(=O)N(Cc1ccccc1Cl)C(Cc1ccccc1)C(=O)NC(C)C. The first kappa shape index (κ1) is 22.0. The van der Waals surface area contributed by atoms with Crippen LogP contribution in [0.4, 0.5) is 0 Å². The minimum absolute atomic E-state index is 0.00536. The highest BCUT2D eigenvalue weighted by Crippen LogP contribution is 2.21. The zero-order valence-electron chi connectivity index (χ0n) is 16.8. The normalized spacial score (nSPS) is 11.9. The van der Waals surface area contributed by atoms with Crippen molar-refractivity contribution in [2.45, 2.75) is 58.7 Å². The molecule has 0 saturated carbocycles. The molecule has 150 valence electrons. The van der Waals surface area contributed by atoms with E-state index in [-0.39, 0.29) is 17.9 Å². The number of hydrogen-bond acceptors (Lipinski definition) is 2. The monoisotopic (exact) mass is 400 g/mol. The van der Waals surface area contributed by atoms with E-state index in [1.807, 2.05) is 69.3 Å². The molecule has 0 radical (unpaired) electrons. The van der Waals surface area contributed by atoms with Crippen LogP contribution in [0.25, 0.3) is 0 Å². The largest absolute Gasteiger partial charge is 0.352 e. The van der Waals surface area contributed by atoms with Crippen LogP contribution >= 0.6 is 11.6 Å². The highest BCUT2D eigenvalue weighted by Gasteiger charge is 2.30. The van der Waals surface area contributed by atoms with Crippen molar-refractivity contribution in [2.75, 3.05) is 0 Å². The average molecular weight is 401 g/mol. The molecule has 1 N–H and O–H groups in total. The van der Waals surface area contributed by atoms with Gasteiger partial charge in [-0.25, -0.2) is 0 Å². The van der Waals surface area contributed by atoms with Gasteiger partial charge in [-0.15, -0.1) is 0 Å². The summed E-state index contributed by atoms with van der Waals surface area (Å²) in [5, 5.41) is 3.57. The van der Waals surface area contributed by atoms with Gasteiger partial charge in [-0.1, -0.05) is 67.1 Å². The molecule has 2 aromatic carbocycles. The van der Waals surface area contributed by atoms with Crippen LogP contribution in [0.1, 0.15) is 44.7 Å². The Morgan fingerprint density at radius 1 is 1.04 bits per heavy atom. The second kappa shape index (κ2) is 10.9. The fraction of sp³-hybridized carbons (Fsp3) is 0.391. The van der Waals surface area contributed by atoms with Gasteiger partial charge in [0.2, 0.25) is 11.8 Å². The standard InChI is InChI=1S/C23H29ClN2O2/c1-4-10-22(27)26(16-19-13-8-9-14-20(19)24)21(23(28)25-17(2)3)15-18-11-6-5-7-12-18/h5-9,11-14,17,21H,4,10,15-16H2,1-3H3,(H,25,28). The summed E-state index contributed by atoms with van der Waals surface area (Å²) >= 11 is 6.34. The number of rotatable bonds is 9. The van der Waals surface area contributed by atoms with Crippen molar-refractivity contribution in [2.24, 2.45) is 0 Å². The van der Waals surface area contributed by atoms with Crippen molar-refractivity contribution in [3.8, 4) is 0 Å². The zero-order chi connectivity index (χ0) is 20.5. The predicted molar refractivity (Wildman–Crippen MR) is 114 cm³/mol. The molecule has 0 saturated heterocycles. The molecule has 0 aliphatic rings. The minimum atomic E-state index is -0.597. The van der Waals surface area contributed by atoms with Crippen LogP contribution in [0.2, 0.25) is 5.02 Å². The van der Waals surface area contributed by atoms with Gasteiger partial charge in [0.05, 0.1) is 0 Å². The number of nitrogens with zero attached hydrogens (tertiary/aromatic N) is 1. The number of benzene rings is 2. The number of amides is 2. The lowest BCUT2D eigenvalue weighted by molar-refractivity contribution is -0.141. The third-order valence-corrected chi connectivity index (χ3v) is 4.83. The summed E-state index contributed by atoms with van der Waals surface area (Å²) < 4.78 is 0. The van der Waals surface area contributed by atoms with Crippen LogP contribution in [0, 0.1) is 0 Å². The molecule has 2 rings (SSSR count). The lowest BCUT2D eigenvalue weighted by Gasteiger charge is -2.32. The van der Waals surface area contributed by atoms with E-state index in [1.54, 1.807) is 11.0 Å². The van der Waals surface area contributed by atoms with Gasteiger partial charge in [-0.3, -0.25) is 9.59 Å². The van der Waals surface area contributed by atoms with E-state index >= 15 is 0 Å². The van der Waals surface area contributed by atoms with Crippen molar-refractivity contribution in [1.29, 1.82) is 0 Å². The summed E-state index contributed by atoms with van der Waals surface area (Å²) in [6.07, 6.45) is 1.58. The molecule has 0 fully saturated rings. The van der Waals surface area contributed by atoms with E-state index in [2.05, 4.69) is 5.32 Å².